The first kappa shape index (κ1) is 9.03. The van der Waals surface area contributed by atoms with Crippen molar-refractivity contribution >= 4 is 10.8 Å². The molecule has 1 unspecified atom stereocenters. The predicted molar refractivity (Wildman–Crippen MR) is 57.6 cm³/mol. The van der Waals surface area contributed by atoms with Crippen LogP contribution in [0.2, 0.25) is 0 Å². The van der Waals surface area contributed by atoms with E-state index < -0.39 is 6.10 Å². The highest BCUT2D eigenvalue weighted by molar-refractivity contribution is 5.84. The Morgan fingerprint density at radius 1 is 1.07 bits per heavy atom. The fraction of sp³-hybridized carbons (Fsp3) is 0.167. The van der Waals surface area contributed by atoms with Crippen LogP contribution in [0.5, 0.6) is 5.75 Å². The van der Waals surface area contributed by atoms with Gasteiger partial charge in [-0.2, -0.15) is 0 Å². The van der Waals surface area contributed by atoms with Gasteiger partial charge < -0.3 is 10.2 Å². The molecule has 0 aliphatic carbocycles. The van der Waals surface area contributed by atoms with E-state index in [1.54, 1.807) is 13.0 Å². The van der Waals surface area contributed by atoms with Gasteiger partial charge in [-0.1, -0.05) is 12.1 Å². The van der Waals surface area contributed by atoms with E-state index in [9.17, 15) is 5.11 Å². The van der Waals surface area contributed by atoms with Crippen molar-refractivity contribution < 1.29 is 10.2 Å². The summed E-state index contributed by atoms with van der Waals surface area (Å²) in [6, 6.07) is 11.3. The predicted octanol–water partition coefficient (Wildman–Crippen LogP) is 2.33. The summed E-state index contributed by atoms with van der Waals surface area (Å²) < 4.78 is 0. The quantitative estimate of drug-likeness (QED) is 0.687. The first-order valence-corrected chi connectivity index (χ1v) is 4.60. The van der Waals surface area contributed by atoms with Crippen LogP contribution in [0.4, 0.5) is 0 Å². The lowest BCUT2D eigenvalue weighted by molar-refractivity contribution is 0.199. The van der Waals surface area contributed by atoms with Gasteiger partial charge in [0, 0.05) is 12.1 Å². The fourth-order valence-corrected chi connectivity index (χ4v) is 1.52. The summed E-state index contributed by atoms with van der Waals surface area (Å²) >= 11 is 0. The second-order valence-corrected chi connectivity index (χ2v) is 3.50. The van der Waals surface area contributed by atoms with Crippen molar-refractivity contribution in [3.05, 3.63) is 42.0 Å². The monoisotopic (exact) mass is 189 g/mol. The molecule has 0 saturated carbocycles. The number of hydrogen-bond donors (Lipinski definition) is 1. The van der Waals surface area contributed by atoms with Gasteiger partial charge in [0.15, 0.2) is 0 Å². The topological polar surface area (TPSA) is 43.1 Å². The average Bonchev–Trinajstić information content (AvgIpc) is 2.16. The molecule has 0 bridgehead atoms. The molecular formula is C12H13O2+. The maximum Gasteiger partial charge on any atom is 0.254 e. The minimum absolute atomic E-state index is 0.435. The van der Waals surface area contributed by atoms with E-state index >= 15 is 0 Å². The van der Waals surface area contributed by atoms with Gasteiger partial charge in [-0.05, 0) is 35.4 Å². The Hall–Kier alpha value is -1.54. The number of aliphatic hydroxyl groups is 1. The molecule has 2 nitrogen and oxygen atoms in total. The lowest BCUT2D eigenvalue weighted by atomic mass is 10.0. The summed E-state index contributed by atoms with van der Waals surface area (Å²) in [5.41, 5.74) is 0.912. The molecule has 0 amide bonds. The van der Waals surface area contributed by atoms with Gasteiger partial charge in [0.25, 0.3) is 5.75 Å². The molecule has 0 saturated heterocycles. The van der Waals surface area contributed by atoms with Gasteiger partial charge in [-0.25, -0.2) is 0 Å². The molecule has 0 aliphatic rings. The number of benzene rings is 2. The van der Waals surface area contributed by atoms with Crippen LogP contribution < -0.4 is 0 Å². The molecule has 1 atom stereocenters. The Kier molecular flexibility index (Phi) is 2.14. The van der Waals surface area contributed by atoms with Gasteiger partial charge in [0.2, 0.25) is 0 Å². The zero-order valence-corrected chi connectivity index (χ0v) is 7.99. The van der Waals surface area contributed by atoms with Gasteiger partial charge in [-0.15, -0.1) is 0 Å². The Balaban J connectivity index is 2.62. The Morgan fingerprint density at radius 2 is 1.71 bits per heavy atom. The first-order valence-electron chi connectivity index (χ1n) is 4.60. The van der Waals surface area contributed by atoms with E-state index in [0.717, 1.165) is 16.3 Å². The third-order valence-electron chi connectivity index (χ3n) is 2.35. The molecule has 2 rings (SSSR count). The normalized spacial score (nSPS) is 13.0. The van der Waals surface area contributed by atoms with Crippen molar-refractivity contribution in [3.63, 3.8) is 0 Å². The molecule has 14 heavy (non-hydrogen) atoms. The lowest BCUT2D eigenvalue weighted by Gasteiger charge is -2.05. The third kappa shape index (κ3) is 1.56. The van der Waals surface area contributed by atoms with Gasteiger partial charge in [0.1, 0.15) is 0 Å². The van der Waals surface area contributed by atoms with E-state index in [0.29, 0.717) is 5.75 Å². The van der Waals surface area contributed by atoms with Crippen molar-refractivity contribution in [1.82, 2.24) is 0 Å². The van der Waals surface area contributed by atoms with Crippen molar-refractivity contribution in [2.45, 2.75) is 13.0 Å². The minimum Gasteiger partial charge on any atom is -0.593 e. The van der Waals surface area contributed by atoms with Crippen LogP contribution in [0, 0.1) is 0 Å². The van der Waals surface area contributed by atoms with E-state index in [2.05, 4.69) is 0 Å². The molecule has 2 aromatic rings. The third-order valence-corrected chi connectivity index (χ3v) is 2.35. The molecule has 0 fully saturated rings. The molecule has 0 aromatic heterocycles. The van der Waals surface area contributed by atoms with Crippen molar-refractivity contribution in [2.24, 2.45) is 0 Å². The van der Waals surface area contributed by atoms with Crippen LogP contribution in [-0.2, 0) is 0 Å². The first-order chi connectivity index (χ1) is 6.66. The second kappa shape index (κ2) is 3.31. The van der Waals surface area contributed by atoms with Crippen LogP contribution in [-0.4, -0.2) is 10.2 Å². The van der Waals surface area contributed by atoms with E-state index in [-0.39, 0.29) is 0 Å². The second-order valence-electron chi connectivity index (χ2n) is 3.50. The summed E-state index contributed by atoms with van der Waals surface area (Å²) in [5.74, 6) is 0.516. The molecule has 0 spiro atoms. The molecule has 2 aromatic carbocycles. The highest BCUT2D eigenvalue weighted by Gasteiger charge is 2.03. The van der Waals surface area contributed by atoms with E-state index in [1.165, 1.54) is 0 Å². The Bertz CT molecular complexity index is 461. The molecule has 72 valence electrons. The van der Waals surface area contributed by atoms with Gasteiger partial charge in [0.05, 0.1) is 6.10 Å². The number of rotatable bonds is 1. The molecule has 0 radical (unpaired) electrons. The maximum atomic E-state index is 9.40. The van der Waals surface area contributed by atoms with E-state index in [1.807, 2.05) is 30.3 Å². The minimum atomic E-state index is -0.435. The largest absolute Gasteiger partial charge is 0.593 e. The van der Waals surface area contributed by atoms with Crippen molar-refractivity contribution in [2.75, 3.05) is 0 Å². The highest BCUT2D eigenvalue weighted by atomic mass is 16.3. The number of fused-ring (bicyclic) bond motifs is 1. The molecule has 0 heterocycles. The zero-order valence-electron chi connectivity index (χ0n) is 7.99. The van der Waals surface area contributed by atoms with Crippen LogP contribution in [0.25, 0.3) is 10.8 Å². The average molecular weight is 189 g/mol. The highest BCUT2D eigenvalue weighted by Crippen LogP contribution is 2.23. The van der Waals surface area contributed by atoms with E-state index in [4.69, 9.17) is 5.11 Å². The maximum absolute atomic E-state index is 9.40. The molecule has 2 heteroatoms. The summed E-state index contributed by atoms with van der Waals surface area (Å²) in [7, 11) is 0. The summed E-state index contributed by atoms with van der Waals surface area (Å²) in [6.07, 6.45) is -0.435. The number of aliphatic hydroxyl groups excluding tert-OH is 1. The Labute approximate surface area is 82.4 Å². The fourth-order valence-electron chi connectivity index (χ4n) is 1.52. The van der Waals surface area contributed by atoms with Crippen molar-refractivity contribution in [3.8, 4) is 5.75 Å². The SMILES string of the molecule is CC(O)c1ccc2cc([OH2+])ccc2c1. The van der Waals surface area contributed by atoms with Gasteiger partial charge in [-0.3, -0.25) is 0 Å². The smallest absolute Gasteiger partial charge is 0.254 e. The zero-order chi connectivity index (χ0) is 10.1. The van der Waals surface area contributed by atoms with Crippen LogP contribution >= 0.6 is 0 Å². The molecular weight excluding hydrogens is 176 g/mol. The molecule has 3 N–H and O–H groups in total. The molecule has 0 aliphatic heterocycles. The lowest BCUT2D eigenvalue weighted by Crippen LogP contribution is -1.89. The Morgan fingerprint density at radius 3 is 2.43 bits per heavy atom. The van der Waals surface area contributed by atoms with Crippen LogP contribution in [0.3, 0.4) is 0 Å². The van der Waals surface area contributed by atoms with Gasteiger partial charge >= 0.3 is 0 Å². The summed E-state index contributed by atoms with van der Waals surface area (Å²) in [5, 5.41) is 19.0. The van der Waals surface area contributed by atoms with Crippen LogP contribution in [0.1, 0.15) is 18.6 Å². The number of hydrogen-bond acceptors (Lipinski definition) is 1. The summed E-state index contributed by atoms with van der Waals surface area (Å²) in [6.45, 7) is 1.75. The van der Waals surface area contributed by atoms with Crippen LogP contribution in [0.15, 0.2) is 36.4 Å². The summed E-state index contributed by atoms with van der Waals surface area (Å²) in [4.78, 5) is 0. The standard InChI is InChI=1S/C12H12O2/c1-8(13)9-2-3-11-7-12(14)5-4-10(11)6-9/h2-8,13-14H,1H3/p+1. The van der Waals surface area contributed by atoms with Crippen molar-refractivity contribution in [1.29, 1.82) is 0 Å².